The van der Waals surface area contributed by atoms with Crippen molar-refractivity contribution in [2.24, 2.45) is 5.73 Å². The van der Waals surface area contributed by atoms with Gasteiger partial charge in [-0.1, -0.05) is 64.7 Å². The molecule has 0 heterocycles. The second-order valence-electron chi connectivity index (χ2n) is 7.46. The molecule has 0 saturated carbocycles. The van der Waals surface area contributed by atoms with Crippen molar-refractivity contribution >= 4 is 17.9 Å². The Morgan fingerprint density at radius 2 is 1.18 bits per heavy atom. The van der Waals surface area contributed by atoms with E-state index >= 15 is 0 Å². The predicted octanol–water partition coefficient (Wildman–Crippen LogP) is 0.222. The normalized spacial score (nSPS) is 10.1. The minimum atomic E-state index is -0.833. The van der Waals surface area contributed by atoms with E-state index < -0.39 is 24.0 Å². The van der Waals surface area contributed by atoms with Crippen LogP contribution in [0.25, 0.3) is 0 Å². The Morgan fingerprint density at radius 1 is 0.824 bits per heavy atom. The average molecular weight is 507 g/mol. The molecule has 202 valence electrons. The number of carboxylic acid groups (broad SMARTS) is 3. The van der Waals surface area contributed by atoms with Crippen molar-refractivity contribution in [3.8, 4) is 0 Å². The van der Waals surface area contributed by atoms with Gasteiger partial charge in [-0.05, 0) is 6.42 Å². The summed E-state index contributed by atoms with van der Waals surface area (Å²) in [7, 11) is 0. The molecule has 0 aliphatic heterocycles. The number of carboxylic acids is 3. The molecule has 0 spiro atoms. The molecule has 0 amide bonds. The molecule has 11 heteroatoms. The minimum absolute atomic E-state index is 0. The number of aliphatic hydroxyl groups is 1. The summed E-state index contributed by atoms with van der Waals surface area (Å²) in [5, 5.41) is 34.9. The first-order valence-electron chi connectivity index (χ1n) is 11.8. The van der Waals surface area contributed by atoms with Crippen molar-refractivity contribution in [2.75, 3.05) is 32.8 Å². The van der Waals surface area contributed by atoms with Gasteiger partial charge in [-0.15, -0.1) is 0 Å². The molecule has 0 aliphatic rings. The van der Waals surface area contributed by atoms with Crippen molar-refractivity contribution in [1.29, 1.82) is 0 Å². The number of carbonyl (C=O) groups is 3. The van der Waals surface area contributed by atoms with E-state index in [1.807, 2.05) is 0 Å². The van der Waals surface area contributed by atoms with Crippen LogP contribution in [0.1, 0.15) is 93.3 Å². The van der Waals surface area contributed by atoms with Gasteiger partial charge in [0.1, 0.15) is 0 Å². The van der Waals surface area contributed by atoms with Crippen LogP contribution in [0, 0.1) is 0 Å². The van der Waals surface area contributed by atoms with Crippen LogP contribution in [-0.4, -0.2) is 77.3 Å². The summed E-state index contributed by atoms with van der Waals surface area (Å²) in [4.78, 5) is 27.0. The van der Waals surface area contributed by atoms with Crippen LogP contribution in [-0.2, 0) is 19.1 Å². The van der Waals surface area contributed by atoms with Crippen LogP contribution >= 0.6 is 0 Å². The number of aliphatic hydroxyl groups excluding tert-OH is 1. The van der Waals surface area contributed by atoms with Gasteiger partial charge in [-0.25, -0.2) is 0 Å². The molecule has 34 heavy (non-hydrogen) atoms. The molecule has 7 N–H and O–H groups in total. The fourth-order valence-corrected chi connectivity index (χ4v) is 2.34. The third kappa shape index (κ3) is 85.9. The van der Waals surface area contributed by atoms with Gasteiger partial charge in [-0.2, -0.15) is 0 Å². The van der Waals surface area contributed by atoms with Gasteiger partial charge in [0.15, 0.2) is 0 Å². The van der Waals surface area contributed by atoms with Crippen LogP contribution in [0.4, 0.5) is 0 Å². The summed E-state index contributed by atoms with van der Waals surface area (Å²) >= 11 is 0. The van der Waals surface area contributed by atoms with Gasteiger partial charge in [0, 0.05) is 47.0 Å². The van der Waals surface area contributed by atoms with E-state index in [9.17, 15) is 5.11 Å². The number of unbranched alkanes of at least 4 members (excludes halogenated alkanes) is 9. The quantitative estimate of drug-likeness (QED) is 0.118. The molecule has 10 nitrogen and oxygen atoms in total. The maximum Gasteiger partial charge on any atom is 1.00 e. The Hall–Kier alpha value is -0.750. The summed E-state index contributed by atoms with van der Waals surface area (Å²) in [5.74, 6) is -2.50. The molecule has 0 radical (unpaired) electrons. The molecular formula is C23H51N2NaO8. The smallest absolute Gasteiger partial charge is 1.00 e. The summed E-state index contributed by atoms with van der Waals surface area (Å²) in [5.41, 5.74) is 5.36. The van der Waals surface area contributed by atoms with Crippen molar-refractivity contribution in [1.82, 2.24) is 5.32 Å². The molecule has 0 fully saturated rings. The molecule has 0 aromatic heterocycles. The molecule has 1 unspecified atom stereocenters. The Bertz CT molecular complexity index is 396. The van der Waals surface area contributed by atoms with Gasteiger partial charge < -0.3 is 37.6 Å². The molecule has 0 bridgehead atoms. The average Bonchev–Trinajstić information content (AvgIpc) is 2.68. The zero-order valence-corrected chi connectivity index (χ0v) is 24.2. The molecule has 0 rings (SSSR count). The van der Waals surface area contributed by atoms with Crippen LogP contribution < -0.4 is 40.6 Å². The second-order valence-corrected chi connectivity index (χ2v) is 7.46. The van der Waals surface area contributed by atoms with E-state index in [0.29, 0.717) is 19.7 Å². The summed E-state index contributed by atoms with van der Waals surface area (Å²) in [6, 6.07) is 0. The molecule has 0 aliphatic carbocycles. The number of aliphatic carboxylic acids is 3. The van der Waals surface area contributed by atoms with Crippen molar-refractivity contribution in [3.05, 3.63) is 0 Å². The molecule has 0 aromatic rings. The van der Waals surface area contributed by atoms with Crippen molar-refractivity contribution < 1.29 is 70.5 Å². The third-order valence-corrected chi connectivity index (χ3v) is 3.65. The maximum absolute atomic E-state index is 9.61. The Morgan fingerprint density at radius 3 is 1.53 bits per heavy atom. The van der Waals surface area contributed by atoms with Crippen LogP contribution in [0.5, 0.6) is 0 Å². The van der Waals surface area contributed by atoms with Gasteiger partial charge >= 0.3 is 29.6 Å². The van der Waals surface area contributed by atoms with E-state index in [1.165, 1.54) is 57.8 Å². The number of ether oxygens (including phenoxy) is 1. The Balaban J connectivity index is -0.000000125. The fraction of sp³-hybridized carbons (Fsp3) is 0.870. The first kappa shape index (κ1) is 43.3. The number of nitrogens with one attached hydrogen (secondary N) is 1. The Labute approximate surface area is 229 Å². The van der Waals surface area contributed by atoms with Crippen LogP contribution in [0.15, 0.2) is 0 Å². The first-order valence-corrected chi connectivity index (χ1v) is 11.8. The van der Waals surface area contributed by atoms with Gasteiger partial charge in [-0.3, -0.25) is 14.4 Å². The predicted molar refractivity (Wildman–Crippen MR) is 132 cm³/mol. The van der Waals surface area contributed by atoms with E-state index in [0.717, 1.165) is 40.3 Å². The zero-order chi connectivity index (χ0) is 26.3. The number of nitrogens with two attached hydrogens (primary N) is 1. The van der Waals surface area contributed by atoms with Gasteiger partial charge in [0.2, 0.25) is 0 Å². The first-order chi connectivity index (χ1) is 15.5. The fourth-order valence-electron chi connectivity index (χ4n) is 2.34. The number of hydrogen-bond donors (Lipinski definition) is 6. The van der Waals surface area contributed by atoms with Crippen molar-refractivity contribution in [2.45, 2.75) is 98.0 Å². The standard InChI is InChI=1S/C17H38N2O2.3C2H4O2.Na.H/c1-2-3-4-5-6-7-8-9-10-11-14-21-16-17(20)15-19-13-12-18;3*1-2(3)4;;/h17,19-20H,2-16,18H2,1H3;3*1H3,(H,3,4);;/q;;;;+1;-1. The van der Waals surface area contributed by atoms with E-state index in [1.54, 1.807) is 0 Å². The third-order valence-electron chi connectivity index (χ3n) is 3.65. The Kier molecular flexibility index (Phi) is 50.3. The molecular weight excluding hydrogens is 455 g/mol. The summed E-state index contributed by atoms with van der Waals surface area (Å²) in [6.45, 7) is 8.62. The number of rotatable bonds is 17. The molecule has 0 aromatic carbocycles. The zero-order valence-electron chi connectivity index (χ0n) is 23.2. The van der Waals surface area contributed by atoms with E-state index in [-0.39, 0.29) is 31.0 Å². The molecule has 1 atom stereocenters. The van der Waals surface area contributed by atoms with Gasteiger partial charge in [0.25, 0.3) is 17.9 Å². The van der Waals surface area contributed by atoms with Crippen LogP contribution in [0.2, 0.25) is 0 Å². The maximum atomic E-state index is 9.61. The van der Waals surface area contributed by atoms with Gasteiger partial charge in [0.05, 0.1) is 12.7 Å². The van der Waals surface area contributed by atoms with E-state index in [4.69, 9.17) is 40.2 Å². The van der Waals surface area contributed by atoms with Crippen molar-refractivity contribution in [3.63, 3.8) is 0 Å². The summed E-state index contributed by atoms with van der Waals surface area (Å²) in [6.07, 6.45) is 12.9. The largest absolute Gasteiger partial charge is 1.00 e. The monoisotopic (exact) mass is 506 g/mol. The van der Waals surface area contributed by atoms with Crippen LogP contribution in [0.3, 0.4) is 0 Å². The minimum Gasteiger partial charge on any atom is -1.00 e. The van der Waals surface area contributed by atoms with E-state index in [2.05, 4.69) is 12.2 Å². The number of hydrogen-bond acceptors (Lipinski definition) is 7. The topological polar surface area (TPSA) is 179 Å². The summed E-state index contributed by atoms with van der Waals surface area (Å²) < 4.78 is 5.48. The SMILES string of the molecule is CC(=O)O.CC(=O)O.CC(=O)O.CCCCCCCCCCCCOCC(O)CNCCN.[H-].[Na+]. The second kappa shape index (κ2) is 39.5. The molecule has 0 saturated heterocycles.